The van der Waals surface area contributed by atoms with E-state index < -0.39 is 48.4 Å². The average Bonchev–Trinajstić information content (AvgIpc) is 3.54. The number of amides is 3. The molecule has 222 valence electrons. The molecule has 4 aromatic rings. The van der Waals surface area contributed by atoms with E-state index in [-0.39, 0.29) is 12.5 Å². The van der Waals surface area contributed by atoms with Gasteiger partial charge in [0.05, 0.1) is 7.11 Å². The minimum atomic E-state index is -2.33. The molecule has 9 nitrogen and oxygen atoms in total. The Balaban J connectivity index is 1.45. The fraction of sp³-hybridized carbons (Fsp3) is 0.200. The van der Waals surface area contributed by atoms with E-state index in [1.165, 1.54) is 0 Å². The van der Waals surface area contributed by atoms with Crippen LogP contribution in [0.4, 0.5) is 9.59 Å². The molecule has 0 heterocycles. The standard InChI is InChI=1S/C35H30N2O7/c1-43-33(41)37(34(42)44-20-29-25-14-4-2-10-21(25)22-11-3-5-15-26(22)29)35(32(39)40,19-18-30(36)38)31-27-16-8-6-12-23(27)24-13-7-9-17-28(24)31/h2-17,29,31H,18-20H2,1H3,(H2,36,38)(H,39,40)/t35-/m1/s1. The number of imide groups is 1. The van der Waals surface area contributed by atoms with Gasteiger partial charge in [0.2, 0.25) is 5.91 Å². The third kappa shape index (κ3) is 4.48. The molecule has 0 radical (unpaired) electrons. The summed E-state index contributed by atoms with van der Waals surface area (Å²) in [5.41, 5.74) is 9.79. The first-order chi connectivity index (χ1) is 21.3. The van der Waals surface area contributed by atoms with Gasteiger partial charge in [0.15, 0.2) is 5.54 Å². The summed E-state index contributed by atoms with van der Waals surface area (Å²) in [4.78, 5) is 53.9. The van der Waals surface area contributed by atoms with E-state index in [4.69, 9.17) is 15.2 Å². The lowest BCUT2D eigenvalue weighted by molar-refractivity contribution is -0.151. The Hall–Kier alpha value is -5.44. The summed E-state index contributed by atoms with van der Waals surface area (Å²) in [7, 11) is 1.06. The van der Waals surface area contributed by atoms with E-state index in [0.717, 1.165) is 40.5 Å². The average molecular weight is 591 g/mol. The van der Waals surface area contributed by atoms with Crippen LogP contribution in [0.15, 0.2) is 97.1 Å². The van der Waals surface area contributed by atoms with Crippen LogP contribution in [0.2, 0.25) is 0 Å². The molecule has 0 aromatic heterocycles. The first-order valence-electron chi connectivity index (χ1n) is 14.2. The van der Waals surface area contributed by atoms with Gasteiger partial charge in [0.1, 0.15) is 6.61 Å². The van der Waals surface area contributed by atoms with Crippen LogP contribution in [-0.2, 0) is 19.1 Å². The van der Waals surface area contributed by atoms with Gasteiger partial charge in [0, 0.05) is 18.3 Å². The number of ether oxygens (including phenoxy) is 2. The van der Waals surface area contributed by atoms with Crippen molar-refractivity contribution in [3.05, 3.63) is 119 Å². The quantitative estimate of drug-likeness (QED) is 0.261. The fourth-order valence-corrected chi connectivity index (χ4v) is 6.85. The predicted molar refractivity (Wildman–Crippen MR) is 162 cm³/mol. The van der Waals surface area contributed by atoms with Crippen LogP contribution in [0.1, 0.15) is 46.9 Å². The number of hydrogen-bond acceptors (Lipinski definition) is 6. The number of benzene rings is 4. The first kappa shape index (κ1) is 28.7. The Kier molecular flexibility index (Phi) is 7.38. The van der Waals surface area contributed by atoms with Crippen molar-refractivity contribution in [2.75, 3.05) is 13.7 Å². The molecule has 0 saturated carbocycles. The molecule has 4 aromatic carbocycles. The van der Waals surface area contributed by atoms with Crippen LogP contribution in [0.3, 0.4) is 0 Å². The van der Waals surface area contributed by atoms with Crippen LogP contribution in [0.25, 0.3) is 22.3 Å². The maximum Gasteiger partial charge on any atom is 0.420 e. The zero-order valence-electron chi connectivity index (χ0n) is 23.9. The summed E-state index contributed by atoms with van der Waals surface area (Å²) in [6.07, 6.45) is -3.31. The Labute approximate surface area is 253 Å². The summed E-state index contributed by atoms with van der Waals surface area (Å²) >= 11 is 0. The molecule has 2 aliphatic carbocycles. The molecular weight excluding hydrogens is 560 g/mol. The van der Waals surface area contributed by atoms with Gasteiger partial charge in [-0.15, -0.1) is 0 Å². The topological polar surface area (TPSA) is 136 Å². The van der Waals surface area contributed by atoms with Gasteiger partial charge < -0.3 is 20.3 Å². The maximum atomic E-state index is 14.1. The monoisotopic (exact) mass is 590 g/mol. The number of nitrogens with two attached hydrogens (primary N) is 1. The zero-order valence-corrected chi connectivity index (χ0v) is 23.9. The number of primary amides is 1. The molecule has 6 rings (SSSR count). The molecule has 2 aliphatic rings. The second kappa shape index (κ2) is 11.3. The van der Waals surface area contributed by atoms with Crippen molar-refractivity contribution in [2.24, 2.45) is 5.73 Å². The minimum absolute atomic E-state index is 0.163. The second-order valence-corrected chi connectivity index (χ2v) is 10.9. The van der Waals surface area contributed by atoms with Gasteiger partial charge in [-0.25, -0.2) is 14.4 Å². The van der Waals surface area contributed by atoms with Gasteiger partial charge in [-0.05, 0) is 50.9 Å². The molecule has 44 heavy (non-hydrogen) atoms. The van der Waals surface area contributed by atoms with E-state index >= 15 is 0 Å². The van der Waals surface area contributed by atoms with Crippen LogP contribution in [-0.4, -0.2) is 53.3 Å². The molecule has 1 atom stereocenters. The van der Waals surface area contributed by atoms with Crippen molar-refractivity contribution in [2.45, 2.75) is 30.2 Å². The molecule has 0 saturated heterocycles. The van der Waals surface area contributed by atoms with Crippen molar-refractivity contribution in [3.8, 4) is 22.3 Å². The number of methoxy groups -OCH3 is 1. The Bertz CT molecular complexity index is 1710. The Morgan fingerprint density at radius 1 is 0.727 bits per heavy atom. The molecule has 0 fully saturated rings. The van der Waals surface area contributed by atoms with Gasteiger partial charge in [0.25, 0.3) is 0 Å². The highest BCUT2D eigenvalue weighted by atomic mass is 16.6. The molecule has 0 aliphatic heterocycles. The third-order valence-corrected chi connectivity index (χ3v) is 8.71. The highest BCUT2D eigenvalue weighted by molar-refractivity contribution is 5.99. The summed E-state index contributed by atoms with van der Waals surface area (Å²) in [6.45, 7) is -0.163. The van der Waals surface area contributed by atoms with Crippen LogP contribution in [0, 0.1) is 0 Å². The summed E-state index contributed by atoms with van der Waals surface area (Å²) in [5.74, 6) is -3.68. The van der Waals surface area contributed by atoms with Crippen molar-refractivity contribution in [1.29, 1.82) is 0 Å². The van der Waals surface area contributed by atoms with E-state index in [0.29, 0.717) is 16.0 Å². The van der Waals surface area contributed by atoms with Gasteiger partial charge in [-0.1, -0.05) is 97.1 Å². The summed E-state index contributed by atoms with van der Waals surface area (Å²) in [6, 6.07) is 29.9. The lowest BCUT2D eigenvalue weighted by Gasteiger charge is -2.42. The predicted octanol–water partition coefficient (Wildman–Crippen LogP) is 5.91. The zero-order chi connectivity index (χ0) is 31.0. The van der Waals surface area contributed by atoms with Gasteiger partial charge in [-0.3, -0.25) is 4.79 Å². The van der Waals surface area contributed by atoms with E-state index in [2.05, 4.69) is 0 Å². The fourth-order valence-electron chi connectivity index (χ4n) is 6.85. The summed E-state index contributed by atoms with van der Waals surface area (Å²) < 4.78 is 10.9. The van der Waals surface area contributed by atoms with Crippen molar-refractivity contribution in [1.82, 2.24) is 4.90 Å². The number of carbonyl (C=O) groups excluding carboxylic acids is 3. The molecule has 3 amide bonds. The van der Waals surface area contributed by atoms with Crippen LogP contribution < -0.4 is 5.73 Å². The number of aliphatic carboxylic acids is 1. The first-order valence-corrected chi connectivity index (χ1v) is 14.2. The lowest BCUT2D eigenvalue weighted by Crippen LogP contribution is -2.63. The van der Waals surface area contributed by atoms with Crippen LogP contribution in [0.5, 0.6) is 0 Å². The molecule has 3 N–H and O–H groups in total. The number of carbonyl (C=O) groups is 4. The van der Waals surface area contributed by atoms with Gasteiger partial charge >= 0.3 is 18.2 Å². The largest absolute Gasteiger partial charge is 0.479 e. The lowest BCUT2D eigenvalue weighted by atomic mass is 9.73. The molecular formula is C35H30N2O7. The Morgan fingerprint density at radius 3 is 1.59 bits per heavy atom. The number of carboxylic acid groups (broad SMARTS) is 1. The normalized spacial score (nSPS) is 14.4. The molecule has 0 spiro atoms. The van der Waals surface area contributed by atoms with E-state index in [1.54, 1.807) is 24.3 Å². The number of rotatable bonds is 8. The van der Waals surface area contributed by atoms with Crippen molar-refractivity contribution < 1.29 is 33.8 Å². The third-order valence-electron chi connectivity index (χ3n) is 8.71. The van der Waals surface area contributed by atoms with E-state index in [9.17, 15) is 24.3 Å². The Morgan fingerprint density at radius 2 is 1.16 bits per heavy atom. The van der Waals surface area contributed by atoms with Gasteiger partial charge in [-0.2, -0.15) is 4.90 Å². The minimum Gasteiger partial charge on any atom is -0.479 e. The number of carboxylic acids is 1. The summed E-state index contributed by atoms with van der Waals surface area (Å²) in [5, 5.41) is 11.0. The number of fused-ring (bicyclic) bond motifs is 6. The number of nitrogens with zero attached hydrogens (tertiary/aromatic N) is 1. The van der Waals surface area contributed by atoms with Crippen molar-refractivity contribution >= 4 is 24.1 Å². The van der Waals surface area contributed by atoms with E-state index in [1.807, 2.05) is 72.8 Å². The molecule has 0 bridgehead atoms. The maximum absolute atomic E-state index is 14.1. The molecule has 0 unspecified atom stereocenters. The highest BCUT2D eigenvalue weighted by Crippen LogP contribution is 2.53. The van der Waals surface area contributed by atoms with Crippen LogP contribution >= 0.6 is 0 Å². The number of hydrogen-bond donors (Lipinski definition) is 2. The SMILES string of the molecule is COC(=O)N(C(=O)OCC1c2ccccc2-c2ccccc21)[C@@](CCC(N)=O)(C(=O)O)C1c2ccccc2-c2ccccc21. The van der Waals surface area contributed by atoms with Crippen molar-refractivity contribution in [3.63, 3.8) is 0 Å². The molecule has 9 heteroatoms. The second-order valence-electron chi connectivity index (χ2n) is 10.9. The smallest absolute Gasteiger partial charge is 0.420 e. The highest BCUT2D eigenvalue weighted by Gasteiger charge is 2.59.